The number of allylic oxidation sites excluding steroid dienone is 1. The summed E-state index contributed by atoms with van der Waals surface area (Å²) in [5.41, 5.74) is 1.14. The molecule has 1 rings (SSSR count). The van der Waals surface area contributed by atoms with E-state index in [0.29, 0.717) is 6.42 Å². The van der Waals surface area contributed by atoms with Gasteiger partial charge in [0.15, 0.2) is 5.78 Å². The fraction of sp³-hybridized carbons (Fsp3) is 0.308. The van der Waals surface area contributed by atoms with Crippen molar-refractivity contribution >= 4 is 5.78 Å². The number of rotatable bonds is 5. The summed E-state index contributed by atoms with van der Waals surface area (Å²) < 4.78 is 0. The van der Waals surface area contributed by atoms with Crippen LogP contribution in [0.2, 0.25) is 0 Å². The lowest BCUT2D eigenvalue weighted by atomic mass is 10.0. The highest BCUT2D eigenvalue weighted by Crippen LogP contribution is 2.05. The first-order valence-corrected chi connectivity index (χ1v) is 5.12. The Kier molecular flexibility index (Phi) is 4.78. The van der Waals surface area contributed by atoms with Crippen molar-refractivity contribution in [3.63, 3.8) is 0 Å². The van der Waals surface area contributed by atoms with Gasteiger partial charge in [-0.1, -0.05) is 36.4 Å². The highest BCUT2D eigenvalue weighted by molar-refractivity contribution is 5.93. The number of ketones is 1. The molecule has 0 saturated heterocycles. The molecule has 0 bridgehead atoms. The van der Waals surface area contributed by atoms with Crippen molar-refractivity contribution in [3.05, 3.63) is 48.0 Å². The summed E-state index contributed by atoms with van der Waals surface area (Å²) in [6.07, 6.45) is 3.39. The van der Waals surface area contributed by atoms with Crippen LogP contribution in [-0.4, -0.2) is 17.0 Å². The number of aliphatic hydroxyl groups excluding tert-OH is 1. The maximum atomic E-state index is 11.2. The highest BCUT2D eigenvalue weighted by atomic mass is 16.3. The van der Waals surface area contributed by atoms with Gasteiger partial charge in [-0.3, -0.25) is 4.79 Å². The Morgan fingerprint density at radius 2 is 2.07 bits per heavy atom. The third-order valence-corrected chi connectivity index (χ3v) is 2.21. The predicted molar refractivity (Wildman–Crippen MR) is 60.6 cm³/mol. The first-order chi connectivity index (χ1) is 7.24. The van der Waals surface area contributed by atoms with Crippen LogP contribution in [0.3, 0.4) is 0 Å². The summed E-state index contributed by atoms with van der Waals surface area (Å²) >= 11 is 0. The van der Waals surface area contributed by atoms with E-state index >= 15 is 0 Å². The van der Waals surface area contributed by atoms with E-state index in [0.717, 1.165) is 12.0 Å². The lowest BCUT2D eigenvalue weighted by Crippen LogP contribution is -2.18. The van der Waals surface area contributed by atoms with E-state index < -0.39 is 6.10 Å². The minimum atomic E-state index is -0.874. The SMILES string of the molecule is C/C=C/C(=O)[C@@H](O)CCc1ccccc1. The zero-order chi connectivity index (χ0) is 11.1. The van der Waals surface area contributed by atoms with Crippen molar-refractivity contribution in [2.45, 2.75) is 25.9 Å². The van der Waals surface area contributed by atoms with E-state index in [9.17, 15) is 9.90 Å². The van der Waals surface area contributed by atoms with Crippen LogP contribution < -0.4 is 0 Å². The van der Waals surface area contributed by atoms with Crippen molar-refractivity contribution in [1.29, 1.82) is 0 Å². The van der Waals surface area contributed by atoms with Crippen LogP contribution in [0.1, 0.15) is 18.9 Å². The van der Waals surface area contributed by atoms with Crippen LogP contribution in [0.25, 0.3) is 0 Å². The second kappa shape index (κ2) is 6.14. The molecular formula is C13H16O2. The zero-order valence-electron chi connectivity index (χ0n) is 8.89. The van der Waals surface area contributed by atoms with Gasteiger partial charge in [0.1, 0.15) is 6.10 Å². The summed E-state index contributed by atoms with van der Waals surface area (Å²) in [7, 11) is 0. The zero-order valence-corrected chi connectivity index (χ0v) is 8.89. The number of aryl methyl sites for hydroxylation is 1. The van der Waals surface area contributed by atoms with Crippen molar-refractivity contribution < 1.29 is 9.90 Å². The van der Waals surface area contributed by atoms with Gasteiger partial charge in [0.05, 0.1) is 0 Å². The van der Waals surface area contributed by atoms with Crippen molar-refractivity contribution in [2.75, 3.05) is 0 Å². The summed E-state index contributed by atoms with van der Waals surface area (Å²) in [6, 6.07) is 9.84. The normalized spacial score (nSPS) is 12.9. The fourth-order valence-corrected chi connectivity index (χ4v) is 1.37. The standard InChI is InChI=1S/C13H16O2/c1-2-6-12(14)13(15)10-9-11-7-4-3-5-8-11/h2-8,13,15H,9-10H2,1H3/b6-2+/t13-/m0/s1. The van der Waals surface area contributed by atoms with Gasteiger partial charge >= 0.3 is 0 Å². The van der Waals surface area contributed by atoms with Crippen LogP contribution in [0, 0.1) is 0 Å². The van der Waals surface area contributed by atoms with E-state index in [1.807, 2.05) is 30.3 Å². The second-order valence-electron chi connectivity index (χ2n) is 3.44. The van der Waals surface area contributed by atoms with Gasteiger partial charge in [-0.05, 0) is 31.4 Å². The molecule has 0 aliphatic heterocycles. The second-order valence-corrected chi connectivity index (χ2v) is 3.44. The molecule has 0 heterocycles. The Hall–Kier alpha value is -1.41. The topological polar surface area (TPSA) is 37.3 Å². The molecule has 1 aromatic rings. The molecule has 0 radical (unpaired) electrons. The fourth-order valence-electron chi connectivity index (χ4n) is 1.37. The predicted octanol–water partition coefficient (Wildman–Crippen LogP) is 2.13. The van der Waals surface area contributed by atoms with Gasteiger partial charge in [0, 0.05) is 0 Å². The molecule has 2 heteroatoms. The third-order valence-electron chi connectivity index (χ3n) is 2.21. The molecule has 15 heavy (non-hydrogen) atoms. The molecule has 0 unspecified atom stereocenters. The minimum Gasteiger partial charge on any atom is -0.385 e. The molecule has 2 nitrogen and oxygen atoms in total. The molecule has 0 aromatic heterocycles. The quantitative estimate of drug-likeness (QED) is 0.746. The Morgan fingerprint density at radius 3 is 2.67 bits per heavy atom. The van der Waals surface area contributed by atoms with E-state index in [4.69, 9.17) is 0 Å². The first-order valence-electron chi connectivity index (χ1n) is 5.12. The largest absolute Gasteiger partial charge is 0.385 e. The van der Waals surface area contributed by atoms with Gasteiger partial charge in [-0.25, -0.2) is 0 Å². The van der Waals surface area contributed by atoms with Crippen LogP contribution in [-0.2, 0) is 11.2 Å². The van der Waals surface area contributed by atoms with Gasteiger partial charge in [0.2, 0.25) is 0 Å². The number of benzene rings is 1. The molecular weight excluding hydrogens is 188 g/mol. The molecule has 1 N–H and O–H groups in total. The Labute approximate surface area is 90.3 Å². The number of hydrogen-bond acceptors (Lipinski definition) is 2. The van der Waals surface area contributed by atoms with Crippen molar-refractivity contribution in [3.8, 4) is 0 Å². The van der Waals surface area contributed by atoms with Crippen LogP contribution in [0.5, 0.6) is 0 Å². The van der Waals surface area contributed by atoms with E-state index in [-0.39, 0.29) is 5.78 Å². The molecule has 0 fully saturated rings. The van der Waals surface area contributed by atoms with Gasteiger partial charge in [0.25, 0.3) is 0 Å². The molecule has 0 saturated carbocycles. The maximum absolute atomic E-state index is 11.2. The smallest absolute Gasteiger partial charge is 0.183 e. The maximum Gasteiger partial charge on any atom is 0.183 e. The lowest BCUT2D eigenvalue weighted by Gasteiger charge is -2.06. The van der Waals surface area contributed by atoms with E-state index in [2.05, 4.69) is 0 Å². The average Bonchev–Trinajstić information content (AvgIpc) is 2.27. The lowest BCUT2D eigenvalue weighted by molar-refractivity contribution is -0.122. The highest BCUT2D eigenvalue weighted by Gasteiger charge is 2.10. The van der Waals surface area contributed by atoms with Crippen molar-refractivity contribution in [2.24, 2.45) is 0 Å². The first kappa shape index (κ1) is 11.7. The van der Waals surface area contributed by atoms with E-state index in [1.165, 1.54) is 6.08 Å². The Morgan fingerprint density at radius 1 is 1.40 bits per heavy atom. The van der Waals surface area contributed by atoms with Crippen LogP contribution in [0.15, 0.2) is 42.5 Å². The molecule has 0 amide bonds. The van der Waals surface area contributed by atoms with Gasteiger partial charge < -0.3 is 5.11 Å². The number of hydrogen-bond donors (Lipinski definition) is 1. The van der Waals surface area contributed by atoms with Crippen molar-refractivity contribution in [1.82, 2.24) is 0 Å². The van der Waals surface area contributed by atoms with E-state index in [1.54, 1.807) is 13.0 Å². The van der Waals surface area contributed by atoms with Gasteiger partial charge in [-0.15, -0.1) is 0 Å². The monoisotopic (exact) mass is 204 g/mol. The Bertz CT molecular complexity index is 328. The van der Waals surface area contributed by atoms with Gasteiger partial charge in [-0.2, -0.15) is 0 Å². The molecule has 1 aromatic carbocycles. The van der Waals surface area contributed by atoms with Crippen LogP contribution >= 0.6 is 0 Å². The number of carbonyl (C=O) groups excluding carboxylic acids is 1. The summed E-state index contributed by atoms with van der Waals surface area (Å²) in [4.78, 5) is 11.2. The molecule has 0 aliphatic rings. The molecule has 80 valence electrons. The summed E-state index contributed by atoms with van der Waals surface area (Å²) in [6.45, 7) is 1.77. The number of carbonyl (C=O) groups is 1. The molecule has 0 aliphatic carbocycles. The van der Waals surface area contributed by atoms with Crippen LogP contribution in [0.4, 0.5) is 0 Å². The molecule has 1 atom stereocenters. The average molecular weight is 204 g/mol. The third kappa shape index (κ3) is 4.09. The Balaban J connectivity index is 2.41. The summed E-state index contributed by atoms with van der Waals surface area (Å²) in [5.74, 6) is -0.214. The summed E-state index contributed by atoms with van der Waals surface area (Å²) in [5, 5.41) is 9.51. The minimum absolute atomic E-state index is 0.214. The number of aliphatic hydroxyl groups is 1. The molecule has 0 spiro atoms.